The number of amides is 2. The molecule has 0 aliphatic heterocycles. The van der Waals surface area contributed by atoms with E-state index in [4.69, 9.17) is 4.74 Å². The number of benzene rings is 2. The molecule has 0 saturated heterocycles. The van der Waals surface area contributed by atoms with Crippen molar-refractivity contribution in [1.82, 2.24) is 5.32 Å². The van der Waals surface area contributed by atoms with E-state index in [-0.39, 0.29) is 28.7 Å². The van der Waals surface area contributed by atoms with Crippen LogP contribution in [0.1, 0.15) is 24.2 Å². The first-order valence-electron chi connectivity index (χ1n) is 8.52. The Hall–Kier alpha value is -3.01. The lowest BCUT2D eigenvalue weighted by Crippen LogP contribution is -2.43. The molecule has 29 heavy (non-hydrogen) atoms. The minimum Gasteiger partial charge on any atom is -0.494 e. The van der Waals surface area contributed by atoms with Gasteiger partial charge in [-0.3, -0.25) is 24.6 Å². The van der Waals surface area contributed by atoms with Gasteiger partial charge < -0.3 is 10.1 Å². The second kappa shape index (κ2) is 9.46. The lowest BCUT2D eigenvalue weighted by atomic mass is 10.1. The molecule has 0 radical (unpaired) electrons. The van der Waals surface area contributed by atoms with Gasteiger partial charge in [0.15, 0.2) is 11.6 Å². The van der Waals surface area contributed by atoms with Gasteiger partial charge in [-0.05, 0) is 44.2 Å². The molecule has 0 aliphatic rings. The van der Waals surface area contributed by atoms with Gasteiger partial charge in [-0.15, -0.1) is 0 Å². The molecule has 0 spiro atoms. The van der Waals surface area contributed by atoms with Gasteiger partial charge in [0.2, 0.25) is 5.91 Å². The van der Waals surface area contributed by atoms with E-state index in [0.29, 0.717) is 4.47 Å². The quantitative estimate of drug-likeness (QED) is 0.494. The van der Waals surface area contributed by atoms with Gasteiger partial charge >= 0.3 is 0 Å². The summed E-state index contributed by atoms with van der Waals surface area (Å²) in [6, 6.07) is 7.38. The lowest BCUT2D eigenvalue weighted by molar-refractivity contribution is -0.384. The largest absolute Gasteiger partial charge is 0.494 e. The van der Waals surface area contributed by atoms with Crippen LogP contribution in [0, 0.1) is 15.9 Å². The summed E-state index contributed by atoms with van der Waals surface area (Å²) < 4.78 is 19.1. The Kier molecular flexibility index (Phi) is 7.27. The van der Waals surface area contributed by atoms with E-state index in [9.17, 15) is 24.1 Å². The summed E-state index contributed by atoms with van der Waals surface area (Å²) in [7, 11) is 1.25. The Labute approximate surface area is 174 Å². The molecular formula is C19H19BrFN3O5. The molecule has 0 aromatic heterocycles. The van der Waals surface area contributed by atoms with E-state index in [1.807, 2.05) is 0 Å². The molecule has 0 aliphatic carbocycles. The number of ether oxygens (including phenoxy) is 1. The first-order chi connectivity index (χ1) is 13.6. The summed E-state index contributed by atoms with van der Waals surface area (Å²) in [4.78, 5) is 37.3. The molecule has 0 saturated carbocycles. The fourth-order valence-electron chi connectivity index (χ4n) is 2.60. The molecule has 2 rings (SSSR count). The SMILES string of the molecule is COc1cc(C(=O)N(CC(=O)NC(C)C)c2ccc(Br)cc2[N+](=O)[O-])ccc1F. The van der Waals surface area contributed by atoms with E-state index in [1.54, 1.807) is 13.8 Å². The zero-order valence-electron chi connectivity index (χ0n) is 15.9. The van der Waals surface area contributed by atoms with E-state index < -0.39 is 29.1 Å². The molecule has 8 nitrogen and oxygen atoms in total. The topological polar surface area (TPSA) is 102 Å². The van der Waals surface area contributed by atoms with Crippen molar-refractivity contribution >= 4 is 39.1 Å². The van der Waals surface area contributed by atoms with Crippen LogP contribution >= 0.6 is 15.9 Å². The second-order valence-electron chi connectivity index (χ2n) is 6.35. The minimum atomic E-state index is -0.715. The third-order valence-corrected chi connectivity index (χ3v) is 4.31. The van der Waals surface area contributed by atoms with Crippen LogP contribution in [0.4, 0.5) is 15.8 Å². The first kappa shape index (κ1) is 22.3. The maximum Gasteiger partial charge on any atom is 0.294 e. The number of nitro benzene ring substituents is 1. The highest BCUT2D eigenvalue weighted by Crippen LogP contribution is 2.32. The van der Waals surface area contributed by atoms with Crippen LogP contribution < -0.4 is 15.0 Å². The number of hydrogen-bond acceptors (Lipinski definition) is 5. The fraction of sp³-hybridized carbons (Fsp3) is 0.263. The van der Waals surface area contributed by atoms with Crippen molar-refractivity contribution in [3.05, 3.63) is 62.4 Å². The Balaban J connectivity index is 2.55. The van der Waals surface area contributed by atoms with Crippen molar-refractivity contribution in [2.45, 2.75) is 19.9 Å². The van der Waals surface area contributed by atoms with Gasteiger partial charge in [0.1, 0.15) is 12.2 Å². The van der Waals surface area contributed by atoms with E-state index in [0.717, 1.165) is 11.0 Å². The number of rotatable bonds is 7. The highest BCUT2D eigenvalue weighted by atomic mass is 79.9. The van der Waals surface area contributed by atoms with E-state index in [2.05, 4.69) is 21.2 Å². The average Bonchev–Trinajstić information content (AvgIpc) is 2.65. The Morgan fingerprint density at radius 3 is 2.55 bits per heavy atom. The summed E-state index contributed by atoms with van der Waals surface area (Å²) in [6.07, 6.45) is 0. The summed E-state index contributed by atoms with van der Waals surface area (Å²) >= 11 is 3.16. The normalized spacial score (nSPS) is 10.6. The maximum atomic E-state index is 13.7. The molecule has 0 atom stereocenters. The number of carbonyl (C=O) groups excluding carboxylic acids is 2. The number of anilines is 1. The third-order valence-electron chi connectivity index (χ3n) is 3.82. The predicted octanol–water partition coefficient (Wildman–Crippen LogP) is 3.68. The first-order valence-corrected chi connectivity index (χ1v) is 9.32. The molecule has 0 heterocycles. The van der Waals surface area contributed by atoms with Gasteiger partial charge in [0.05, 0.1) is 12.0 Å². The van der Waals surface area contributed by atoms with Gasteiger partial charge in [-0.1, -0.05) is 15.9 Å². The number of nitrogens with one attached hydrogen (secondary N) is 1. The zero-order chi connectivity index (χ0) is 21.7. The average molecular weight is 468 g/mol. The fourth-order valence-corrected chi connectivity index (χ4v) is 2.95. The van der Waals surface area contributed by atoms with Crippen LogP contribution in [0.3, 0.4) is 0 Å². The molecule has 0 fully saturated rings. The zero-order valence-corrected chi connectivity index (χ0v) is 17.5. The standard InChI is InChI=1S/C19H19BrFN3O5/c1-11(2)22-18(25)10-23(15-7-5-13(20)9-16(15)24(27)28)19(26)12-4-6-14(21)17(8-12)29-3/h4-9,11H,10H2,1-3H3,(H,22,25). The number of hydrogen-bond donors (Lipinski definition) is 1. The number of methoxy groups -OCH3 is 1. The number of nitrogens with zero attached hydrogens (tertiary/aromatic N) is 2. The van der Waals surface area contributed by atoms with Crippen molar-refractivity contribution in [1.29, 1.82) is 0 Å². The molecule has 2 aromatic rings. The lowest BCUT2D eigenvalue weighted by Gasteiger charge is -2.23. The molecule has 2 aromatic carbocycles. The summed E-state index contributed by atoms with van der Waals surface area (Å²) in [6.45, 7) is 3.03. The second-order valence-corrected chi connectivity index (χ2v) is 7.27. The highest BCUT2D eigenvalue weighted by Gasteiger charge is 2.28. The number of halogens is 2. The van der Waals surface area contributed by atoms with Crippen molar-refractivity contribution in [2.24, 2.45) is 0 Å². The maximum absolute atomic E-state index is 13.7. The minimum absolute atomic E-state index is 0.0119. The molecular weight excluding hydrogens is 449 g/mol. The van der Waals surface area contributed by atoms with Crippen LogP contribution in [0.25, 0.3) is 0 Å². The highest BCUT2D eigenvalue weighted by molar-refractivity contribution is 9.10. The molecule has 10 heteroatoms. The van der Waals surface area contributed by atoms with Crippen LogP contribution in [0.5, 0.6) is 5.75 Å². The predicted molar refractivity (Wildman–Crippen MR) is 109 cm³/mol. The van der Waals surface area contributed by atoms with Crippen molar-refractivity contribution in [3.8, 4) is 5.75 Å². The van der Waals surface area contributed by atoms with Gasteiger partial charge in [-0.2, -0.15) is 0 Å². The van der Waals surface area contributed by atoms with Crippen LogP contribution in [-0.2, 0) is 4.79 Å². The van der Waals surface area contributed by atoms with Gasteiger partial charge in [-0.25, -0.2) is 4.39 Å². The number of carbonyl (C=O) groups is 2. The molecule has 1 N–H and O–H groups in total. The smallest absolute Gasteiger partial charge is 0.294 e. The number of nitro groups is 1. The van der Waals surface area contributed by atoms with Crippen LogP contribution in [0.15, 0.2) is 40.9 Å². The van der Waals surface area contributed by atoms with E-state index >= 15 is 0 Å². The molecule has 2 amide bonds. The van der Waals surface area contributed by atoms with Gasteiger partial charge in [0, 0.05) is 22.1 Å². The third kappa shape index (κ3) is 5.50. The Morgan fingerprint density at radius 1 is 1.28 bits per heavy atom. The molecule has 154 valence electrons. The Bertz CT molecular complexity index is 951. The van der Waals surface area contributed by atoms with Crippen molar-refractivity contribution in [2.75, 3.05) is 18.6 Å². The van der Waals surface area contributed by atoms with E-state index in [1.165, 1.54) is 37.4 Å². The molecule has 0 unspecified atom stereocenters. The monoisotopic (exact) mass is 467 g/mol. The van der Waals surface area contributed by atoms with Crippen LogP contribution in [-0.4, -0.2) is 36.4 Å². The van der Waals surface area contributed by atoms with Crippen LogP contribution in [0.2, 0.25) is 0 Å². The summed E-state index contributed by atoms with van der Waals surface area (Å²) in [5.74, 6) is -2.04. The summed E-state index contributed by atoms with van der Waals surface area (Å²) in [5.41, 5.74) is -0.414. The Morgan fingerprint density at radius 2 is 1.97 bits per heavy atom. The van der Waals surface area contributed by atoms with Crippen molar-refractivity contribution < 1.29 is 23.6 Å². The van der Waals surface area contributed by atoms with Crippen molar-refractivity contribution in [3.63, 3.8) is 0 Å². The summed E-state index contributed by atoms with van der Waals surface area (Å²) in [5, 5.41) is 14.2. The van der Waals surface area contributed by atoms with Gasteiger partial charge in [0.25, 0.3) is 11.6 Å². The molecule has 0 bridgehead atoms.